The summed E-state index contributed by atoms with van der Waals surface area (Å²) < 4.78 is 5.27. The highest BCUT2D eigenvalue weighted by molar-refractivity contribution is 8.15. The molecule has 0 radical (unpaired) electrons. The third-order valence-corrected chi connectivity index (χ3v) is 7.05. The molecular weight excluding hydrogens is 468 g/mol. The maximum atomic E-state index is 13.6. The molecule has 0 saturated heterocycles. The highest BCUT2D eigenvalue weighted by Gasteiger charge is 2.43. The maximum Gasteiger partial charge on any atom is 0.339 e. The van der Waals surface area contributed by atoms with Crippen LogP contribution >= 0.6 is 11.8 Å². The number of rotatable bonds is 13. The number of carboxylic acids is 1. The predicted octanol–water partition coefficient (Wildman–Crippen LogP) is 2.98. The summed E-state index contributed by atoms with van der Waals surface area (Å²) in [6.07, 6.45) is 2.78. The molecule has 1 amide bonds. The van der Waals surface area contributed by atoms with E-state index in [1.165, 1.54) is 0 Å². The van der Waals surface area contributed by atoms with Crippen molar-refractivity contribution in [3.05, 3.63) is 35.9 Å². The van der Waals surface area contributed by atoms with Gasteiger partial charge in [0, 0.05) is 5.41 Å². The number of carbonyl (C=O) groups is 3. The number of thioether (sulfide) groups is 1. The Morgan fingerprint density at radius 2 is 1.86 bits per heavy atom. The maximum absolute atomic E-state index is 13.6. The molecule has 1 aliphatic heterocycles. The monoisotopic (exact) mass is 506 g/mol. The van der Waals surface area contributed by atoms with E-state index in [2.05, 4.69) is 10.4 Å². The average Bonchev–Trinajstić information content (AvgIpc) is 3.28. The van der Waals surface area contributed by atoms with Crippen LogP contribution in [0.3, 0.4) is 0 Å². The van der Waals surface area contributed by atoms with Crippen molar-refractivity contribution in [3.8, 4) is 0 Å². The van der Waals surface area contributed by atoms with E-state index in [9.17, 15) is 19.5 Å². The fraction of sp³-hybridized carbons (Fsp3) is 0.600. The third kappa shape index (κ3) is 8.63. The van der Waals surface area contributed by atoms with E-state index in [1.54, 1.807) is 6.92 Å². The molecule has 194 valence electrons. The number of aliphatic carboxylic acids is 1. The second-order valence-electron chi connectivity index (χ2n) is 9.48. The van der Waals surface area contributed by atoms with Crippen molar-refractivity contribution in [2.75, 3.05) is 13.2 Å². The number of nitrogens with one attached hydrogen (secondary N) is 1. The molecule has 0 bridgehead atoms. The van der Waals surface area contributed by atoms with E-state index < -0.39 is 40.7 Å². The van der Waals surface area contributed by atoms with E-state index in [1.807, 2.05) is 51.1 Å². The number of aryl methyl sites for hydroxylation is 1. The van der Waals surface area contributed by atoms with E-state index >= 15 is 0 Å². The standard InChI is InChI=1S/C25H38N4O5S/c1-5-34-23(33)19(15-14-17-11-7-6-8-12-17)27-18(13-9-10-16-26)20(30)29-21(22(31)32)35-24(28-29)25(2,3)4/h6-8,11-12,18-19,21,27H,5,9-10,13-16,26H2,1-4H3,(H,31,32)/t18-,19-,21-/m0/s1. The molecule has 3 atom stereocenters. The molecule has 10 heteroatoms. The zero-order valence-electron chi connectivity index (χ0n) is 21.0. The van der Waals surface area contributed by atoms with Gasteiger partial charge in [-0.3, -0.25) is 14.9 Å². The van der Waals surface area contributed by atoms with Gasteiger partial charge in [0.2, 0.25) is 5.37 Å². The highest BCUT2D eigenvalue weighted by atomic mass is 32.2. The molecule has 0 aromatic heterocycles. The number of nitrogens with zero attached hydrogens (tertiary/aromatic N) is 2. The van der Waals surface area contributed by atoms with Gasteiger partial charge in [-0.05, 0) is 44.7 Å². The van der Waals surface area contributed by atoms with Crippen molar-refractivity contribution >= 4 is 34.7 Å². The van der Waals surface area contributed by atoms with Crippen LogP contribution in [0.4, 0.5) is 0 Å². The lowest BCUT2D eigenvalue weighted by atomic mass is 9.99. The van der Waals surface area contributed by atoms with Gasteiger partial charge in [-0.2, -0.15) is 5.10 Å². The number of benzene rings is 1. The summed E-state index contributed by atoms with van der Waals surface area (Å²) >= 11 is 1.06. The quantitative estimate of drug-likeness (QED) is 0.275. The first-order valence-corrected chi connectivity index (χ1v) is 12.9. The largest absolute Gasteiger partial charge is 0.479 e. The van der Waals surface area contributed by atoms with Gasteiger partial charge >= 0.3 is 11.9 Å². The van der Waals surface area contributed by atoms with Gasteiger partial charge in [-0.1, -0.05) is 69.3 Å². The van der Waals surface area contributed by atoms with Crippen molar-refractivity contribution in [2.45, 2.75) is 77.3 Å². The van der Waals surface area contributed by atoms with Crippen molar-refractivity contribution in [2.24, 2.45) is 16.3 Å². The van der Waals surface area contributed by atoms with Crippen LogP contribution in [0.1, 0.15) is 58.9 Å². The lowest BCUT2D eigenvalue weighted by Crippen LogP contribution is -2.53. The summed E-state index contributed by atoms with van der Waals surface area (Å²) in [5.41, 5.74) is 6.31. The number of hydrogen-bond donors (Lipinski definition) is 3. The molecule has 0 spiro atoms. The second kappa shape index (κ2) is 13.6. The number of hydrazone groups is 1. The van der Waals surface area contributed by atoms with Crippen molar-refractivity contribution < 1.29 is 24.2 Å². The number of hydrogen-bond acceptors (Lipinski definition) is 8. The summed E-state index contributed by atoms with van der Waals surface area (Å²) in [6.45, 7) is 8.18. The smallest absolute Gasteiger partial charge is 0.339 e. The molecule has 1 aliphatic rings. The summed E-state index contributed by atoms with van der Waals surface area (Å²) in [5, 5.41) is 17.8. The van der Waals surface area contributed by atoms with Crippen LogP contribution in [0.2, 0.25) is 0 Å². The number of amides is 1. The Morgan fingerprint density at radius 3 is 2.43 bits per heavy atom. The minimum Gasteiger partial charge on any atom is -0.479 e. The van der Waals surface area contributed by atoms with Gasteiger partial charge in [0.1, 0.15) is 11.1 Å². The molecule has 4 N–H and O–H groups in total. The SMILES string of the molecule is CCOC(=O)[C@H](CCc1ccccc1)N[C@@H](CCCCN)C(=O)N1N=C(C(C)(C)C)S[C@H]1C(=O)O. The van der Waals surface area contributed by atoms with Crippen LogP contribution < -0.4 is 11.1 Å². The Morgan fingerprint density at radius 1 is 1.17 bits per heavy atom. The van der Waals surface area contributed by atoms with Crippen molar-refractivity contribution in [1.82, 2.24) is 10.3 Å². The minimum atomic E-state index is -1.15. The lowest BCUT2D eigenvalue weighted by molar-refractivity contribution is -0.149. The third-order valence-electron chi connectivity index (χ3n) is 5.51. The second-order valence-corrected chi connectivity index (χ2v) is 10.5. The molecule has 0 fully saturated rings. The zero-order valence-corrected chi connectivity index (χ0v) is 21.8. The van der Waals surface area contributed by atoms with Crippen LogP contribution in [0, 0.1) is 5.41 Å². The van der Waals surface area contributed by atoms with Crippen LogP contribution in [0.25, 0.3) is 0 Å². The first-order chi connectivity index (χ1) is 16.6. The van der Waals surface area contributed by atoms with E-state index in [0.29, 0.717) is 43.7 Å². The van der Waals surface area contributed by atoms with Crippen LogP contribution in [-0.2, 0) is 25.5 Å². The normalized spacial score (nSPS) is 17.6. The molecule has 1 aromatic rings. The topological polar surface area (TPSA) is 134 Å². The molecule has 0 unspecified atom stereocenters. The lowest BCUT2D eigenvalue weighted by Gasteiger charge is -2.27. The number of nitrogens with two attached hydrogens (primary N) is 1. The molecule has 9 nitrogen and oxygen atoms in total. The highest BCUT2D eigenvalue weighted by Crippen LogP contribution is 2.36. The Bertz CT molecular complexity index is 888. The Labute approximate surface area is 211 Å². The Hall–Kier alpha value is -2.43. The predicted molar refractivity (Wildman–Crippen MR) is 138 cm³/mol. The van der Waals surface area contributed by atoms with Gasteiger partial charge < -0.3 is 15.6 Å². The Balaban J connectivity index is 2.28. The van der Waals surface area contributed by atoms with Crippen LogP contribution in [0.5, 0.6) is 0 Å². The number of carboxylic acid groups (broad SMARTS) is 1. The minimum absolute atomic E-state index is 0.219. The summed E-state index contributed by atoms with van der Waals surface area (Å²) in [6, 6.07) is 8.22. The van der Waals surface area contributed by atoms with E-state index in [4.69, 9.17) is 10.5 Å². The Kier molecular flexibility index (Phi) is 11.2. The summed E-state index contributed by atoms with van der Waals surface area (Å²) in [7, 11) is 0. The number of carbonyl (C=O) groups excluding carboxylic acids is 2. The first-order valence-electron chi connectivity index (χ1n) is 12.1. The molecule has 0 saturated carbocycles. The zero-order chi connectivity index (χ0) is 26.0. The fourth-order valence-electron chi connectivity index (χ4n) is 3.62. The molecule has 1 aromatic carbocycles. The average molecular weight is 507 g/mol. The molecule has 0 aliphatic carbocycles. The number of unbranched alkanes of at least 4 members (excludes halogenated alkanes) is 1. The molecule has 35 heavy (non-hydrogen) atoms. The van der Waals surface area contributed by atoms with Crippen molar-refractivity contribution in [3.63, 3.8) is 0 Å². The first kappa shape index (κ1) is 28.8. The van der Waals surface area contributed by atoms with Crippen LogP contribution in [-0.4, -0.2) is 63.6 Å². The summed E-state index contributed by atoms with van der Waals surface area (Å²) in [4.78, 5) is 38.3. The summed E-state index contributed by atoms with van der Waals surface area (Å²) in [5.74, 6) is -2.06. The number of esters is 1. The molecule has 1 heterocycles. The fourth-order valence-corrected chi connectivity index (χ4v) is 4.67. The molecular formula is C25H38N4O5S. The van der Waals surface area contributed by atoms with Crippen LogP contribution in [0.15, 0.2) is 35.4 Å². The van der Waals surface area contributed by atoms with Gasteiger partial charge in [0.25, 0.3) is 5.91 Å². The van der Waals surface area contributed by atoms with Gasteiger partial charge in [-0.25, -0.2) is 9.80 Å². The number of ether oxygens (including phenoxy) is 1. The van der Waals surface area contributed by atoms with Gasteiger partial charge in [-0.15, -0.1) is 0 Å². The van der Waals surface area contributed by atoms with Gasteiger partial charge in [0.05, 0.1) is 12.6 Å². The van der Waals surface area contributed by atoms with E-state index in [-0.39, 0.29) is 6.61 Å². The van der Waals surface area contributed by atoms with E-state index in [0.717, 1.165) is 22.3 Å². The molecule has 2 rings (SSSR count). The van der Waals surface area contributed by atoms with Gasteiger partial charge in [0.15, 0.2) is 0 Å². The van der Waals surface area contributed by atoms with Crippen molar-refractivity contribution in [1.29, 1.82) is 0 Å².